The summed E-state index contributed by atoms with van der Waals surface area (Å²) in [6.45, 7) is 3.64. The van der Waals surface area contributed by atoms with Crippen LogP contribution in [0.15, 0.2) is 42.5 Å². The number of nitrogens with one attached hydrogen (secondary N) is 1. The largest absolute Gasteiger partial charge is 0.325 e. The molecule has 1 amide bonds. The first-order chi connectivity index (χ1) is 12.9. The van der Waals surface area contributed by atoms with Crippen molar-refractivity contribution in [3.63, 3.8) is 0 Å². The molecule has 0 bridgehead atoms. The summed E-state index contributed by atoms with van der Waals surface area (Å²) >= 11 is 0. The molecular weight excluding hydrogens is 349 g/mol. The van der Waals surface area contributed by atoms with Gasteiger partial charge < -0.3 is 5.32 Å². The van der Waals surface area contributed by atoms with Crippen molar-refractivity contribution in [1.82, 2.24) is 4.90 Å². The molecule has 1 aliphatic rings. The summed E-state index contributed by atoms with van der Waals surface area (Å²) in [5.74, 6) is -0.562. The molecule has 0 aliphatic heterocycles. The Morgan fingerprint density at radius 1 is 1.33 bits per heavy atom. The van der Waals surface area contributed by atoms with Crippen LogP contribution in [0.4, 0.5) is 15.8 Å². The van der Waals surface area contributed by atoms with Crippen LogP contribution in [0, 0.1) is 22.9 Å². The molecule has 0 saturated heterocycles. The standard InChI is InChI=1S/C20H22FN3O3/c1-13-7-8-15(11-19(13)24(26)27)22-20(25)12-23(16-9-10-16)14(2)17-5-3-4-6-18(17)21/h3-8,11,14,16H,9-10,12H2,1-2H3,(H,22,25). The predicted molar refractivity (Wildman–Crippen MR) is 101 cm³/mol. The van der Waals surface area contributed by atoms with Crippen LogP contribution >= 0.6 is 0 Å². The predicted octanol–water partition coefficient (Wildman–Crippen LogP) is 4.21. The molecule has 1 saturated carbocycles. The molecule has 6 nitrogen and oxygen atoms in total. The van der Waals surface area contributed by atoms with Crippen LogP contribution in [0.3, 0.4) is 0 Å². The lowest BCUT2D eigenvalue weighted by atomic mass is 10.1. The summed E-state index contributed by atoms with van der Waals surface area (Å²) in [5, 5.41) is 13.8. The molecule has 2 aromatic carbocycles. The lowest BCUT2D eigenvalue weighted by Gasteiger charge is -2.29. The van der Waals surface area contributed by atoms with Crippen molar-refractivity contribution in [3.05, 3.63) is 69.5 Å². The van der Waals surface area contributed by atoms with Gasteiger partial charge in [-0.2, -0.15) is 0 Å². The first-order valence-corrected chi connectivity index (χ1v) is 8.92. The molecule has 0 spiro atoms. The molecular formula is C20H22FN3O3. The van der Waals surface area contributed by atoms with Gasteiger partial charge in [0.05, 0.1) is 11.5 Å². The van der Waals surface area contributed by atoms with Gasteiger partial charge in [0, 0.05) is 35.0 Å². The van der Waals surface area contributed by atoms with Crippen molar-refractivity contribution >= 4 is 17.3 Å². The molecule has 0 aromatic heterocycles. The molecule has 1 atom stereocenters. The Hall–Kier alpha value is -2.80. The van der Waals surface area contributed by atoms with Gasteiger partial charge in [-0.15, -0.1) is 0 Å². The van der Waals surface area contributed by atoms with E-state index in [1.165, 1.54) is 12.1 Å². The van der Waals surface area contributed by atoms with Crippen LogP contribution in [0.2, 0.25) is 0 Å². The Kier molecular flexibility index (Phi) is 5.51. The number of benzene rings is 2. The van der Waals surface area contributed by atoms with Crippen LogP contribution in [0.1, 0.15) is 36.9 Å². The Bertz CT molecular complexity index is 867. The molecule has 3 rings (SSSR count). The topological polar surface area (TPSA) is 75.5 Å². The lowest BCUT2D eigenvalue weighted by Crippen LogP contribution is -2.37. The Balaban J connectivity index is 1.72. The van der Waals surface area contributed by atoms with E-state index < -0.39 is 4.92 Å². The number of amides is 1. The van der Waals surface area contributed by atoms with Gasteiger partial charge in [0.15, 0.2) is 0 Å². The number of halogens is 1. The lowest BCUT2D eigenvalue weighted by molar-refractivity contribution is -0.385. The second-order valence-electron chi connectivity index (χ2n) is 6.91. The molecule has 2 aromatic rings. The summed E-state index contributed by atoms with van der Waals surface area (Å²) in [4.78, 5) is 25.1. The van der Waals surface area contributed by atoms with Crippen molar-refractivity contribution in [3.8, 4) is 0 Å². The summed E-state index contributed by atoms with van der Waals surface area (Å²) < 4.78 is 14.1. The molecule has 0 radical (unpaired) electrons. The van der Waals surface area contributed by atoms with Gasteiger partial charge in [0.1, 0.15) is 5.82 Å². The minimum Gasteiger partial charge on any atom is -0.325 e. The number of nitro benzene ring substituents is 1. The SMILES string of the molecule is Cc1ccc(NC(=O)CN(C2CC2)C(C)c2ccccc2F)cc1[N+](=O)[O-]. The van der Waals surface area contributed by atoms with Crippen LogP contribution in [0.25, 0.3) is 0 Å². The quantitative estimate of drug-likeness (QED) is 0.584. The zero-order valence-corrected chi connectivity index (χ0v) is 15.3. The Morgan fingerprint density at radius 2 is 2.04 bits per heavy atom. The first-order valence-electron chi connectivity index (χ1n) is 8.92. The smallest absolute Gasteiger partial charge is 0.274 e. The van der Waals surface area contributed by atoms with Crippen molar-refractivity contribution in [2.24, 2.45) is 0 Å². The highest BCUT2D eigenvalue weighted by Gasteiger charge is 2.34. The highest BCUT2D eigenvalue weighted by atomic mass is 19.1. The van der Waals surface area contributed by atoms with E-state index in [1.54, 1.807) is 37.3 Å². The number of anilines is 1. The second kappa shape index (κ2) is 7.84. The van der Waals surface area contributed by atoms with Crippen molar-refractivity contribution in [2.45, 2.75) is 38.8 Å². The number of hydrogen-bond donors (Lipinski definition) is 1. The Labute approximate surface area is 157 Å². The summed E-state index contributed by atoms with van der Waals surface area (Å²) in [7, 11) is 0. The average Bonchev–Trinajstić information content (AvgIpc) is 3.46. The molecule has 27 heavy (non-hydrogen) atoms. The fourth-order valence-corrected chi connectivity index (χ4v) is 3.23. The van der Waals surface area contributed by atoms with Gasteiger partial charge in [0.2, 0.25) is 5.91 Å². The second-order valence-corrected chi connectivity index (χ2v) is 6.91. The highest BCUT2D eigenvalue weighted by molar-refractivity contribution is 5.92. The third kappa shape index (κ3) is 4.49. The number of carbonyl (C=O) groups is 1. The molecule has 1 N–H and O–H groups in total. The normalized spacial score (nSPS) is 14.8. The van der Waals surface area contributed by atoms with Crippen LogP contribution in [0.5, 0.6) is 0 Å². The van der Waals surface area contributed by atoms with E-state index in [-0.39, 0.29) is 36.0 Å². The monoisotopic (exact) mass is 371 g/mol. The molecule has 1 aliphatic carbocycles. The molecule has 142 valence electrons. The molecule has 0 heterocycles. The van der Waals surface area contributed by atoms with Gasteiger partial charge in [-0.1, -0.05) is 24.3 Å². The van der Waals surface area contributed by atoms with E-state index in [4.69, 9.17) is 0 Å². The fourth-order valence-electron chi connectivity index (χ4n) is 3.23. The van der Waals surface area contributed by atoms with E-state index >= 15 is 0 Å². The van der Waals surface area contributed by atoms with Gasteiger partial charge in [-0.25, -0.2) is 4.39 Å². The molecule has 1 fully saturated rings. The van der Waals surface area contributed by atoms with Crippen LogP contribution in [-0.4, -0.2) is 28.3 Å². The number of rotatable bonds is 7. The van der Waals surface area contributed by atoms with Gasteiger partial charge in [-0.3, -0.25) is 19.8 Å². The minimum absolute atomic E-state index is 0.0356. The van der Waals surface area contributed by atoms with Crippen molar-refractivity contribution in [1.29, 1.82) is 0 Å². The van der Waals surface area contributed by atoms with E-state index in [1.807, 2.05) is 11.8 Å². The summed E-state index contributed by atoms with van der Waals surface area (Å²) in [5.41, 5.74) is 1.44. The maximum Gasteiger partial charge on any atom is 0.274 e. The highest BCUT2D eigenvalue weighted by Crippen LogP contribution is 2.35. The molecule has 1 unspecified atom stereocenters. The zero-order chi connectivity index (χ0) is 19.6. The number of carbonyl (C=O) groups excluding carboxylic acids is 1. The maximum absolute atomic E-state index is 14.1. The van der Waals surface area contributed by atoms with Gasteiger partial charge in [0.25, 0.3) is 5.69 Å². The van der Waals surface area contributed by atoms with E-state index in [9.17, 15) is 19.3 Å². The van der Waals surface area contributed by atoms with E-state index in [2.05, 4.69) is 5.32 Å². The minimum atomic E-state index is -0.470. The Morgan fingerprint density at radius 3 is 2.67 bits per heavy atom. The van der Waals surface area contributed by atoms with E-state index in [0.717, 1.165) is 12.8 Å². The third-order valence-electron chi connectivity index (χ3n) is 4.88. The van der Waals surface area contributed by atoms with Gasteiger partial charge in [-0.05, 0) is 38.8 Å². The number of hydrogen-bond acceptors (Lipinski definition) is 4. The van der Waals surface area contributed by atoms with Crippen LogP contribution in [-0.2, 0) is 4.79 Å². The number of nitro groups is 1. The van der Waals surface area contributed by atoms with Crippen molar-refractivity contribution in [2.75, 3.05) is 11.9 Å². The number of aryl methyl sites for hydroxylation is 1. The molecule has 7 heteroatoms. The summed E-state index contributed by atoms with van der Waals surface area (Å²) in [6.07, 6.45) is 1.95. The maximum atomic E-state index is 14.1. The average molecular weight is 371 g/mol. The first kappa shape index (κ1) is 19.0. The fraction of sp³-hybridized carbons (Fsp3) is 0.350. The third-order valence-corrected chi connectivity index (χ3v) is 4.88. The number of nitrogens with zero attached hydrogens (tertiary/aromatic N) is 2. The summed E-state index contributed by atoms with van der Waals surface area (Å²) in [6, 6.07) is 11.2. The zero-order valence-electron chi connectivity index (χ0n) is 15.3. The van der Waals surface area contributed by atoms with Crippen LogP contribution < -0.4 is 5.32 Å². The van der Waals surface area contributed by atoms with Gasteiger partial charge >= 0.3 is 0 Å². The van der Waals surface area contributed by atoms with Crippen molar-refractivity contribution < 1.29 is 14.1 Å². The van der Waals surface area contributed by atoms with E-state index in [0.29, 0.717) is 16.8 Å².